The van der Waals surface area contributed by atoms with E-state index in [1.54, 1.807) is 13.2 Å². The van der Waals surface area contributed by atoms with Gasteiger partial charge in [0.05, 0.1) is 7.11 Å². The van der Waals surface area contributed by atoms with E-state index in [4.69, 9.17) is 4.74 Å². The molecule has 0 aromatic heterocycles. The van der Waals surface area contributed by atoms with Crippen molar-refractivity contribution in [3.8, 4) is 33.8 Å². The van der Waals surface area contributed by atoms with E-state index < -0.39 is 0 Å². The third kappa shape index (κ3) is 2.61. The maximum absolute atomic E-state index is 10.0. The Hall–Kier alpha value is -2.74. The number of phenolic OH excluding ortho intramolecular Hbond substituents is 1. The number of ether oxygens (including phenoxy) is 1. The van der Waals surface area contributed by atoms with E-state index in [2.05, 4.69) is 6.07 Å². The van der Waals surface area contributed by atoms with E-state index >= 15 is 0 Å². The maximum Gasteiger partial charge on any atom is 0.126 e. The van der Waals surface area contributed by atoms with Crippen molar-refractivity contribution < 1.29 is 9.84 Å². The normalized spacial score (nSPS) is 10.3. The largest absolute Gasteiger partial charge is 0.507 e. The molecule has 2 heteroatoms. The molecule has 0 amide bonds. The third-order valence-corrected chi connectivity index (χ3v) is 3.50. The number of hydrogen-bond donors (Lipinski definition) is 1. The van der Waals surface area contributed by atoms with Crippen molar-refractivity contribution in [2.45, 2.75) is 0 Å². The van der Waals surface area contributed by atoms with Crippen molar-refractivity contribution in [2.75, 3.05) is 7.11 Å². The van der Waals surface area contributed by atoms with Gasteiger partial charge < -0.3 is 9.84 Å². The zero-order valence-electron chi connectivity index (χ0n) is 11.8. The van der Waals surface area contributed by atoms with Gasteiger partial charge >= 0.3 is 0 Å². The fraction of sp³-hybridized carbons (Fsp3) is 0.0526. The summed E-state index contributed by atoms with van der Waals surface area (Å²) in [5.74, 6) is 1.13. The Bertz CT molecular complexity index is 763. The van der Waals surface area contributed by atoms with Crippen LogP contribution in [0.4, 0.5) is 0 Å². The molecule has 3 aromatic carbocycles. The smallest absolute Gasteiger partial charge is 0.126 e. The van der Waals surface area contributed by atoms with Gasteiger partial charge in [0.2, 0.25) is 0 Å². The highest BCUT2D eigenvalue weighted by atomic mass is 16.5. The molecule has 1 N–H and O–H groups in total. The van der Waals surface area contributed by atoms with Gasteiger partial charge in [0.15, 0.2) is 0 Å². The van der Waals surface area contributed by atoms with Crippen LogP contribution >= 0.6 is 0 Å². The van der Waals surface area contributed by atoms with E-state index in [1.165, 1.54) is 0 Å². The summed E-state index contributed by atoms with van der Waals surface area (Å²) >= 11 is 0. The van der Waals surface area contributed by atoms with Gasteiger partial charge in [-0.05, 0) is 29.3 Å². The highest BCUT2D eigenvalue weighted by molar-refractivity contribution is 5.78. The molecule has 0 heterocycles. The Labute approximate surface area is 124 Å². The Kier molecular flexibility index (Phi) is 3.61. The SMILES string of the molecule is COc1ccccc1-c1cccc(-c2ccccc2O)c1. The average Bonchev–Trinajstić information content (AvgIpc) is 2.55. The zero-order valence-corrected chi connectivity index (χ0v) is 11.8. The molecule has 0 spiro atoms. The van der Waals surface area contributed by atoms with Crippen LogP contribution in [0.3, 0.4) is 0 Å². The number of aromatic hydroxyl groups is 1. The van der Waals surface area contributed by atoms with Crippen LogP contribution in [-0.4, -0.2) is 12.2 Å². The predicted molar refractivity (Wildman–Crippen MR) is 85.5 cm³/mol. The van der Waals surface area contributed by atoms with Gasteiger partial charge in [0.25, 0.3) is 0 Å². The van der Waals surface area contributed by atoms with Crippen molar-refractivity contribution in [3.05, 3.63) is 72.8 Å². The highest BCUT2D eigenvalue weighted by Crippen LogP contribution is 2.34. The lowest BCUT2D eigenvalue weighted by Crippen LogP contribution is -1.88. The summed E-state index contributed by atoms with van der Waals surface area (Å²) in [6, 6.07) is 23.4. The van der Waals surface area contributed by atoms with Gasteiger partial charge in [-0.3, -0.25) is 0 Å². The van der Waals surface area contributed by atoms with E-state index in [0.717, 1.165) is 28.0 Å². The number of methoxy groups -OCH3 is 1. The summed E-state index contributed by atoms with van der Waals surface area (Å²) in [5.41, 5.74) is 3.91. The fourth-order valence-electron chi connectivity index (χ4n) is 2.46. The molecule has 21 heavy (non-hydrogen) atoms. The second-order valence-electron chi connectivity index (χ2n) is 4.80. The minimum atomic E-state index is 0.287. The Morgan fingerprint density at radius 3 is 2.05 bits per heavy atom. The third-order valence-electron chi connectivity index (χ3n) is 3.50. The molecular weight excluding hydrogens is 260 g/mol. The number of benzene rings is 3. The van der Waals surface area contributed by atoms with Gasteiger partial charge in [0, 0.05) is 11.1 Å². The van der Waals surface area contributed by atoms with E-state index in [-0.39, 0.29) is 5.75 Å². The lowest BCUT2D eigenvalue weighted by atomic mass is 9.98. The maximum atomic E-state index is 10.0. The lowest BCUT2D eigenvalue weighted by molar-refractivity contribution is 0.416. The summed E-state index contributed by atoms with van der Waals surface area (Å²) in [6.45, 7) is 0. The van der Waals surface area contributed by atoms with Gasteiger partial charge in [-0.25, -0.2) is 0 Å². The minimum Gasteiger partial charge on any atom is -0.507 e. The Morgan fingerprint density at radius 1 is 0.714 bits per heavy atom. The molecule has 3 aromatic rings. The van der Waals surface area contributed by atoms with Gasteiger partial charge in [-0.1, -0.05) is 54.6 Å². The first-order chi connectivity index (χ1) is 10.3. The van der Waals surface area contributed by atoms with Crippen molar-refractivity contribution in [1.29, 1.82) is 0 Å². The lowest BCUT2D eigenvalue weighted by Gasteiger charge is -2.10. The second kappa shape index (κ2) is 5.71. The zero-order chi connectivity index (χ0) is 14.7. The molecule has 2 nitrogen and oxygen atoms in total. The standard InChI is InChI=1S/C19H16O2/c1-21-19-12-5-3-10-17(19)15-8-6-7-14(13-15)16-9-2-4-11-18(16)20/h2-13,20H,1H3. The van der Waals surface area contributed by atoms with E-state index in [9.17, 15) is 5.11 Å². The first-order valence-corrected chi connectivity index (χ1v) is 6.81. The molecule has 0 bridgehead atoms. The Balaban J connectivity index is 2.11. The van der Waals surface area contributed by atoms with Crippen LogP contribution in [0.25, 0.3) is 22.3 Å². The van der Waals surface area contributed by atoms with Crippen molar-refractivity contribution in [2.24, 2.45) is 0 Å². The van der Waals surface area contributed by atoms with Crippen LogP contribution in [0, 0.1) is 0 Å². The molecule has 0 saturated carbocycles. The fourth-order valence-corrected chi connectivity index (χ4v) is 2.46. The monoisotopic (exact) mass is 276 g/mol. The summed E-state index contributed by atoms with van der Waals surface area (Å²) < 4.78 is 5.42. The molecule has 0 radical (unpaired) electrons. The summed E-state index contributed by atoms with van der Waals surface area (Å²) in [4.78, 5) is 0. The molecule has 104 valence electrons. The number of rotatable bonds is 3. The van der Waals surface area contributed by atoms with Crippen molar-refractivity contribution >= 4 is 0 Å². The summed E-state index contributed by atoms with van der Waals surface area (Å²) in [7, 11) is 1.67. The summed E-state index contributed by atoms with van der Waals surface area (Å²) in [6.07, 6.45) is 0. The van der Waals surface area contributed by atoms with Crippen LogP contribution in [0.15, 0.2) is 72.8 Å². The van der Waals surface area contributed by atoms with E-state index in [0.29, 0.717) is 0 Å². The summed E-state index contributed by atoms with van der Waals surface area (Å²) in [5, 5.41) is 10.0. The van der Waals surface area contributed by atoms with E-state index in [1.807, 2.05) is 60.7 Å². The van der Waals surface area contributed by atoms with Gasteiger partial charge in [0.1, 0.15) is 11.5 Å². The highest BCUT2D eigenvalue weighted by Gasteiger charge is 2.08. The van der Waals surface area contributed by atoms with Crippen LogP contribution in [0.2, 0.25) is 0 Å². The molecule has 0 atom stereocenters. The number of para-hydroxylation sites is 2. The molecule has 0 unspecified atom stereocenters. The molecule has 0 saturated heterocycles. The van der Waals surface area contributed by atoms with Crippen molar-refractivity contribution in [1.82, 2.24) is 0 Å². The molecular formula is C19H16O2. The van der Waals surface area contributed by atoms with Crippen LogP contribution < -0.4 is 4.74 Å². The quantitative estimate of drug-likeness (QED) is 0.749. The first-order valence-electron chi connectivity index (χ1n) is 6.81. The second-order valence-corrected chi connectivity index (χ2v) is 4.80. The average molecular weight is 276 g/mol. The van der Waals surface area contributed by atoms with Gasteiger partial charge in [-0.2, -0.15) is 0 Å². The Morgan fingerprint density at radius 2 is 1.33 bits per heavy atom. The molecule has 3 rings (SSSR count). The van der Waals surface area contributed by atoms with Crippen LogP contribution in [-0.2, 0) is 0 Å². The van der Waals surface area contributed by atoms with Crippen molar-refractivity contribution in [3.63, 3.8) is 0 Å². The molecule has 0 aliphatic rings. The van der Waals surface area contributed by atoms with Crippen LogP contribution in [0.5, 0.6) is 11.5 Å². The number of hydrogen-bond acceptors (Lipinski definition) is 2. The molecule has 0 aliphatic carbocycles. The molecule has 0 aliphatic heterocycles. The van der Waals surface area contributed by atoms with Gasteiger partial charge in [-0.15, -0.1) is 0 Å². The number of phenols is 1. The topological polar surface area (TPSA) is 29.5 Å². The predicted octanol–water partition coefficient (Wildman–Crippen LogP) is 4.73. The van der Waals surface area contributed by atoms with Crippen LogP contribution in [0.1, 0.15) is 0 Å². The first kappa shape index (κ1) is 13.3. The minimum absolute atomic E-state index is 0.287. The molecule has 0 fully saturated rings.